The van der Waals surface area contributed by atoms with Crippen molar-refractivity contribution < 1.29 is 4.39 Å². The quantitative estimate of drug-likeness (QED) is 0.725. The Morgan fingerprint density at radius 3 is 2.87 bits per heavy atom. The van der Waals surface area contributed by atoms with Gasteiger partial charge in [-0.2, -0.15) is 0 Å². The molecule has 0 aliphatic carbocycles. The Balaban J connectivity index is 1.90. The van der Waals surface area contributed by atoms with Gasteiger partial charge in [0.25, 0.3) is 0 Å². The maximum atomic E-state index is 13.1. The number of piperidine rings is 1. The summed E-state index contributed by atoms with van der Waals surface area (Å²) < 4.78 is 13.5. The van der Waals surface area contributed by atoms with Crippen molar-refractivity contribution in [3.8, 4) is 0 Å². The molecule has 3 rings (SSSR count). The third kappa shape index (κ3) is 1.68. The number of hydrogen-bond donors (Lipinski definition) is 1. The number of halogens is 1. The Bertz CT molecular complexity index is 385. The fraction of sp³-hybridized carbons (Fsp3) is 0.500. The molecule has 80 valence electrons. The highest BCUT2D eigenvalue weighted by atomic mass is 32.2. The first-order valence-electron chi connectivity index (χ1n) is 5.46. The van der Waals surface area contributed by atoms with Crippen LogP contribution >= 0.6 is 11.8 Å². The lowest BCUT2D eigenvalue weighted by molar-refractivity contribution is 0.416. The average Bonchev–Trinajstić information content (AvgIpc) is 2.56. The lowest BCUT2D eigenvalue weighted by atomic mass is 9.90. The predicted octanol–water partition coefficient (Wildman–Crippen LogP) is 2.60. The van der Waals surface area contributed by atoms with Crippen LogP contribution in [0.15, 0.2) is 23.1 Å². The third-order valence-electron chi connectivity index (χ3n) is 3.38. The zero-order valence-electron chi connectivity index (χ0n) is 8.55. The maximum Gasteiger partial charge on any atom is 0.123 e. The van der Waals surface area contributed by atoms with Crippen LogP contribution in [-0.4, -0.2) is 17.8 Å². The summed E-state index contributed by atoms with van der Waals surface area (Å²) in [7, 11) is 0. The van der Waals surface area contributed by atoms with Crippen LogP contribution in [0.5, 0.6) is 0 Å². The molecule has 2 heterocycles. The van der Waals surface area contributed by atoms with E-state index in [1.54, 1.807) is 12.1 Å². The molecule has 0 unspecified atom stereocenters. The highest BCUT2D eigenvalue weighted by Gasteiger charge is 2.39. The van der Waals surface area contributed by atoms with E-state index < -0.39 is 0 Å². The molecule has 1 fully saturated rings. The molecule has 0 aromatic heterocycles. The van der Waals surface area contributed by atoms with Gasteiger partial charge in [-0.3, -0.25) is 0 Å². The van der Waals surface area contributed by atoms with E-state index in [1.165, 1.54) is 23.3 Å². The second kappa shape index (κ2) is 3.49. The van der Waals surface area contributed by atoms with E-state index in [0.717, 1.165) is 19.5 Å². The Kier molecular flexibility index (Phi) is 2.25. The van der Waals surface area contributed by atoms with Crippen molar-refractivity contribution in [1.29, 1.82) is 0 Å². The van der Waals surface area contributed by atoms with Gasteiger partial charge in [0.2, 0.25) is 0 Å². The number of rotatable bonds is 0. The zero-order chi connectivity index (χ0) is 10.3. The van der Waals surface area contributed by atoms with Crippen LogP contribution in [0.1, 0.15) is 18.4 Å². The van der Waals surface area contributed by atoms with Crippen LogP contribution in [0, 0.1) is 5.82 Å². The summed E-state index contributed by atoms with van der Waals surface area (Å²) in [6.45, 7) is 2.20. The van der Waals surface area contributed by atoms with Crippen LogP contribution in [-0.2, 0) is 6.42 Å². The second-order valence-electron chi connectivity index (χ2n) is 4.46. The van der Waals surface area contributed by atoms with Crippen molar-refractivity contribution in [2.75, 3.05) is 13.1 Å². The van der Waals surface area contributed by atoms with Crippen LogP contribution < -0.4 is 5.32 Å². The molecule has 0 bridgehead atoms. The Morgan fingerprint density at radius 1 is 1.27 bits per heavy atom. The van der Waals surface area contributed by atoms with Crippen molar-refractivity contribution in [1.82, 2.24) is 5.32 Å². The molecule has 1 saturated heterocycles. The number of hydrogen-bond acceptors (Lipinski definition) is 2. The van der Waals surface area contributed by atoms with E-state index in [4.69, 9.17) is 0 Å². The van der Waals surface area contributed by atoms with Gasteiger partial charge in [0, 0.05) is 9.64 Å². The molecule has 0 saturated carbocycles. The van der Waals surface area contributed by atoms with E-state index in [1.807, 2.05) is 17.8 Å². The van der Waals surface area contributed by atoms with Crippen molar-refractivity contribution in [2.24, 2.45) is 0 Å². The molecule has 1 nitrogen and oxygen atoms in total. The minimum Gasteiger partial charge on any atom is -0.317 e. The monoisotopic (exact) mass is 223 g/mol. The van der Waals surface area contributed by atoms with E-state index >= 15 is 0 Å². The molecule has 1 aromatic rings. The Labute approximate surface area is 93.4 Å². The largest absolute Gasteiger partial charge is 0.317 e. The SMILES string of the molecule is Fc1ccc2c(c1)CC1(CCNCC1)S2. The van der Waals surface area contributed by atoms with Crippen LogP contribution in [0.2, 0.25) is 0 Å². The fourth-order valence-electron chi connectivity index (χ4n) is 2.56. The molecule has 15 heavy (non-hydrogen) atoms. The van der Waals surface area contributed by atoms with E-state index in [-0.39, 0.29) is 5.82 Å². The maximum absolute atomic E-state index is 13.1. The minimum absolute atomic E-state index is 0.0969. The minimum atomic E-state index is -0.0969. The smallest absolute Gasteiger partial charge is 0.123 e. The first kappa shape index (κ1) is 9.67. The van der Waals surface area contributed by atoms with E-state index in [0.29, 0.717) is 4.75 Å². The zero-order valence-corrected chi connectivity index (χ0v) is 9.37. The predicted molar refractivity (Wildman–Crippen MR) is 60.8 cm³/mol. The van der Waals surface area contributed by atoms with Gasteiger partial charge in [-0.15, -0.1) is 11.8 Å². The molecule has 1 N–H and O–H groups in total. The normalized spacial score (nSPS) is 23.0. The van der Waals surface area contributed by atoms with Gasteiger partial charge in [-0.1, -0.05) is 0 Å². The summed E-state index contributed by atoms with van der Waals surface area (Å²) in [6, 6.07) is 5.22. The first-order chi connectivity index (χ1) is 7.27. The van der Waals surface area contributed by atoms with Crippen molar-refractivity contribution in [3.05, 3.63) is 29.6 Å². The van der Waals surface area contributed by atoms with E-state index in [9.17, 15) is 4.39 Å². The molecule has 1 aromatic carbocycles. The number of benzene rings is 1. The highest BCUT2D eigenvalue weighted by molar-refractivity contribution is 8.01. The van der Waals surface area contributed by atoms with E-state index in [2.05, 4.69) is 5.32 Å². The lowest BCUT2D eigenvalue weighted by Gasteiger charge is -2.32. The molecule has 3 heteroatoms. The summed E-state index contributed by atoms with van der Waals surface area (Å²) >= 11 is 1.96. The summed E-state index contributed by atoms with van der Waals surface area (Å²) in [6.07, 6.45) is 3.45. The van der Waals surface area contributed by atoms with Gasteiger partial charge in [0.1, 0.15) is 5.82 Å². The summed E-state index contributed by atoms with van der Waals surface area (Å²) in [4.78, 5) is 1.29. The van der Waals surface area contributed by atoms with Crippen molar-refractivity contribution in [3.63, 3.8) is 0 Å². The molecule has 0 radical (unpaired) electrons. The fourth-order valence-corrected chi connectivity index (χ4v) is 4.06. The Hall–Kier alpha value is -0.540. The van der Waals surface area contributed by atoms with Crippen molar-refractivity contribution in [2.45, 2.75) is 28.9 Å². The summed E-state index contributed by atoms with van der Waals surface area (Å²) in [5.74, 6) is -0.0969. The highest BCUT2D eigenvalue weighted by Crippen LogP contribution is 2.49. The van der Waals surface area contributed by atoms with Crippen LogP contribution in [0.25, 0.3) is 0 Å². The molecule has 2 aliphatic rings. The second-order valence-corrected chi connectivity index (χ2v) is 5.97. The third-order valence-corrected chi connectivity index (χ3v) is 4.98. The van der Waals surface area contributed by atoms with Gasteiger partial charge >= 0.3 is 0 Å². The molecular formula is C12H14FNS. The van der Waals surface area contributed by atoms with Gasteiger partial charge in [0.15, 0.2) is 0 Å². The number of thioether (sulfide) groups is 1. The molecule has 2 aliphatic heterocycles. The number of nitrogens with one attached hydrogen (secondary N) is 1. The summed E-state index contributed by atoms with van der Waals surface area (Å²) in [5.41, 5.74) is 1.21. The van der Waals surface area contributed by atoms with Crippen LogP contribution in [0.3, 0.4) is 0 Å². The summed E-state index contributed by atoms with van der Waals surface area (Å²) in [5, 5.41) is 3.39. The topological polar surface area (TPSA) is 12.0 Å². The Morgan fingerprint density at radius 2 is 2.07 bits per heavy atom. The first-order valence-corrected chi connectivity index (χ1v) is 6.27. The van der Waals surface area contributed by atoms with Crippen molar-refractivity contribution >= 4 is 11.8 Å². The van der Waals surface area contributed by atoms with Gasteiger partial charge in [-0.25, -0.2) is 4.39 Å². The average molecular weight is 223 g/mol. The number of fused-ring (bicyclic) bond motifs is 1. The standard InChI is InChI=1S/C12H14FNS/c13-10-1-2-11-9(7-10)8-12(15-11)3-5-14-6-4-12/h1-2,7,14H,3-6,8H2. The molecule has 0 atom stereocenters. The molecular weight excluding hydrogens is 209 g/mol. The molecule has 1 spiro atoms. The molecule has 0 amide bonds. The van der Waals surface area contributed by atoms with Crippen LogP contribution in [0.4, 0.5) is 4.39 Å². The lowest BCUT2D eigenvalue weighted by Crippen LogP contribution is -2.39. The van der Waals surface area contributed by atoms with Gasteiger partial charge in [-0.05, 0) is 56.1 Å². The van der Waals surface area contributed by atoms with Gasteiger partial charge in [0.05, 0.1) is 0 Å². The van der Waals surface area contributed by atoms with Gasteiger partial charge < -0.3 is 5.32 Å².